The number of halogens is 3. The Hall–Kier alpha value is -1.12. The lowest BCUT2D eigenvalue weighted by molar-refractivity contribution is 0.275. The van der Waals surface area contributed by atoms with Crippen LogP contribution in [0.5, 0.6) is 0 Å². The Balaban J connectivity index is 3.10. The zero-order valence-electron chi connectivity index (χ0n) is 9.45. The van der Waals surface area contributed by atoms with E-state index in [0.717, 1.165) is 0 Å². The molecule has 2 N–H and O–H groups in total. The quantitative estimate of drug-likeness (QED) is 0.797. The number of hydrogen-bond donors (Lipinski definition) is 2. The van der Waals surface area contributed by atoms with Crippen LogP contribution in [0.25, 0.3) is 0 Å². The van der Waals surface area contributed by atoms with Crippen LogP contribution in [-0.4, -0.2) is 26.2 Å². The highest BCUT2D eigenvalue weighted by molar-refractivity contribution is 7.89. The van der Waals surface area contributed by atoms with Gasteiger partial charge in [0.05, 0.1) is 0 Å². The second-order valence-electron chi connectivity index (χ2n) is 3.71. The summed E-state index contributed by atoms with van der Waals surface area (Å²) in [5.41, 5.74) is 0. The minimum atomic E-state index is -4.29. The molecular weight excluding hydrogens is 271 g/mol. The molecule has 8 heteroatoms. The normalized spacial score (nSPS) is 13.6. The Morgan fingerprint density at radius 3 is 2.44 bits per heavy atom. The average Bonchev–Trinajstić information content (AvgIpc) is 2.25. The first-order valence-corrected chi connectivity index (χ1v) is 6.54. The zero-order valence-corrected chi connectivity index (χ0v) is 10.3. The Labute approximate surface area is 102 Å². The summed E-state index contributed by atoms with van der Waals surface area (Å²) in [6.07, 6.45) is 0.116. The maximum absolute atomic E-state index is 13.3. The van der Waals surface area contributed by atoms with Gasteiger partial charge < -0.3 is 5.11 Å². The third-order valence-corrected chi connectivity index (χ3v) is 3.81. The molecule has 0 amide bonds. The van der Waals surface area contributed by atoms with Crippen LogP contribution in [0.2, 0.25) is 0 Å². The van der Waals surface area contributed by atoms with Crippen molar-refractivity contribution in [3.05, 3.63) is 29.6 Å². The van der Waals surface area contributed by atoms with Crippen LogP contribution in [0.4, 0.5) is 13.2 Å². The molecule has 0 spiro atoms. The molecule has 0 saturated heterocycles. The number of sulfonamides is 1. The standard InChI is InChI=1S/C10H12F3NO3S/c1-6(4-5-15)14-18(16,17)8-3-2-7(11)9(12)10(8)13/h2-3,6,14-15H,4-5H2,1H3. The summed E-state index contributed by atoms with van der Waals surface area (Å²) in [4.78, 5) is -0.966. The molecule has 1 unspecified atom stereocenters. The molecule has 102 valence electrons. The molecule has 0 aliphatic heterocycles. The van der Waals surface area contributed by atoms with Gasteiger partial charge in [-0.25, -0.2) is 26.3 Å². The summed E-state index contributed by atoms with van der Waals surface area (Å²) in [5, 5.41) is 8.62. The molecule has 0 saturated carbocycles. The van der Waals surface area contributed by atoms with E-state index in [0.29, 0.717) is 12.1 Å². The molecule has 18 heavy (non-hydrogen) atoms. The predicted molar refractivity (Wildman–Crippen MR) is 57.8 cm³/mol. The third-order valence-electron chi connectivity index (χ3n) is 2.21. The van der Waals surface area contributed by atoms with Gasteiger partial charge in [0.15, 0.2) is 17.5 Å². The first-order valence-electron chi connectivity index (χ1n) is 5.06. The molecule has 0 heterocycles. The van der Waals surface area contributed by atoms with E-state index in [4.69, 9.17) is 5.11 Å². The van der Waals surface area contributed by atoms with Crippen LogP contribution in [0.3, 0.4) is 0 Å². The lowest BCUT2D eigenvalue weighted by atomic mass is 10.3. The molecule has 1 rings (SSSR count). The van der Waals surface area contributed by atoms with E-state index in [1.807, 2.05) is 4.72 Å². The van der Waals surface area contributed by atoms with Gasteiger partial charge in [0.2, 0.25) is 10.0 Å². The monoisotopic (exact) mass is 283 g/mol. The number of aliphatic hydroxyl groups excluding tert-OH is 1. The molecule has 0 radical (unpaired) electrons. The van der Waals surface area contributed by atoms with Crippen LogP contribution in [0.15, 0.2) is 17.0 Å². The van der Waals surface area contributed by atoms with Crippen LogP contribution in [0.1, 0.15) is 13.3 Å². The van der Waals surface area contributed by atoms with Crippen molar-refractivity contribution in [2.45, 2.75) is 24.3 Å². The lowest BCUT2D eigenvalue weighted by Crippen LogP contribution is -2.33. The highest BCUT2D eigenvalue weighted by atomic mass is 32.2. The van der Waals surface area contributed by atoms with Crippen molar-refractivity contribution in [2.75, 3.05) is 6.61 Å². The van der Waals surface area contributed by atoms with Crippen molar-refractivity contribution >= 4 is 10.0 Å². The molecule has 0 bridgehead atoms. The summed E-state index contributed by atoms with van der Waals surface area (Å²) in [7, 11) is -4.29. The average molecular weight is 283 g/mol. The van der Waals surface area contributed by atoms with Crippen molar-refractivity contribution < 1.29 is 26.7 Å². The van der Waals surface area contributed by atoms with E-state index >= 15 is 0 Å². The summed E-state index contributed by atoms with van der Waals surface area (Å²) >= 11 is 0. The molecule has 1 atom stereocenters. The van der Waals surface area contributed by atoms with Gasteiger partial charge in [-0.2, -0.15) is 0 Å². The van der Waals surface area contributed by atoms with Gasteiger partial charge in [-0.1, -0.05) is 0 Å². The minimum Gasteiger partial charge on any atom is -0.396 e. The number of hydrogen-bond acceptors (Lipinski definition) is 3. The second-order valence-corrected chi connectivity index (χ2v) is 5.39. The van der Waals surface area contributed by atoms with Gasteiger partial charge >= 0.3 is 0 Å². The molecule has 4 nitrogen and oxygen atoms in total. The molecule has 0 aliphatic rings. The maximum Gasteiger partial charge on any atom is 0.243 e. The SMILES string of the molecule is CC(CCO)NS(=O)(=O)c1ccc(F)c(F)c1F. The van der Waals surface area contributed by atoms with Crippen molar-refractivity contribution in [3.8, 4) is 0 Å². The Kier molecular flexibility index (Phi) is 4.71. The first-order chi connectivity index (χ1) is 8.29. The summed E-state index contributed by atoms with van der Waals surface area (Å²) in [6.45, 7) is 1.19. The van der Waals surface area contributed by atoms with E-state index in [-0.39, 0.29) is 13.0 Å². The van der Waals surface area contributed by atoms with Crippen molar-refractivity contribution in [3.63, 3.8) is 0 Å². The Morgan fingerprint density at radius 2 is 1.89 bits per heavy atom. The van der Waals surface area contributed by atoms with Gasteiger partial charge in [0.1, 0.15) is 4.90 Å². The fraction of sp³-hybridized carbons (Fsp3) is 0.400. The molecule has 1 aromatic rings. The third kappa shape index (κ3) is 3.21. The van der Waals surface area contributed by atoms with Crippen molar-refractivity contribution in [2.24, 2.45) is 0 Å². The molecule has 0 aliphatic carbocycles. The van der Waals surface area contributed by atoms with Crippen LogP contribution in [0, 0.1) is 17.5 Å². The zero-order chi connectivity index (χ0) is 13.9. The van der Waals surface area contributed by atoms with E-state index in [9.17, 15) is 21.6 Å². The molecule has 1 aromatic carbocycles. The highest BCUT2D eigenvalue weighted by Gasteiger charge is 2.25. The molecule has 0 aromatic heterocycles. The van der Waals surface area contributed by atoms with Crippen molar-refractivity contribution in [1.82, 2.24) is 4.72 Å². The number of rotatable bonds is 5. The summed E-state index contributed by atoms with van der Waals surface area (Å²) in [6, 6.07) is 0.512. The Morgan fingerprint density at radius 1 is 1.28 bits per heavy atom. The number of nitrogens with one attached hydrogen (secondary N) is 1. The van der Waals surface area contributed by atoms with Crippen molar-refractivity contribution in [1.29, 1.82) is 0 Å². The summed E-state index contributed by atoms with van der Waals surface area (Å²) < 4.78 is 64.3. The van der Waals surface area contributed by atoms with Gasteiger partial charge in [0.25, 0.3) is 0 Å². The van der Waals surface area contributed by atoms with E-state index in [2.05, 4.69) is 0 Å². The Bertz CT molecular complexity index is 533. The summed E-state index contributed by atoms with van der Waals surface area (Å²) in [5.74, 6) is -5.07. The van der Waals surface area contributed by atoms with Crippen LogP contribution >= 0.6 is 0 Å². The predicted octanol–water partition coefficient (Wildman–Crippen LogP) is 1.15. The van der Waals surface area contributed by atoms with E-state index in [1.165, 1.54) is 6.92 Å². The first kappa shape index (κ1) is 14.9. The van der Waals surface area contributed by atoms with Gasteiger partial charge in [-0.3, -0.25) is 0 Å². The van der Waals surface area contributed by atoms with E-state index < -0.39 is 38.4 Å². The topological polar surface area (TPSA) is 66.4 Å². The molecule has 0 fully saturated rings. The number of aliphatic hydroxyl groups is 1. The van der Waals surface area contributed by atoms with E-state index in [1.54, 1.807) is 0 Å². The highest BCUT2D eigenvalue weighted by Crippen LogP contribution is 2.19. The fourth-order valence-corrected chi connectivity index (χ4v) is 2.64. The lowest BCUT2D eigenvalue weighted by Gasteiger charge is -2.13. The van der Waals surface area contributed by atoms with Gasteiger partial charge in [0, 0.05) is 12.6 Å². The largest absolute Gasteiger partial charge is 0.396 e. The fourth-order valence-electron chi connectivity index (χ4n) is 1.30. The van der Waals surface area contributed by atoms with Gasteiger partial charge in [-0.15, -0.1) is 0 Å². The van der Waals surface area contributed by atoms with Crippen LogP contribution in [-0.2, 0) is 10.0 Å². The minimum absolute atomic E-state index is 0.116. The van der Waals surface area contributed by atoms with Crippen LogP contribution < -0.4 is 4.72 Å². The maximum atomic E-state index is 13.3. The van der Waals surface area contributed by atoms with Gasteiger partial charge in [-0.05, 0) is 25.5 Å². The molecular formula is C10H12F3NO3S. The number of benzene rings is 1. The smallest absolute Gasteiger partial charge is 0.243 e. The second kappa shape index (κ2) is 5.68.